The monoisotopic (exact) mass is 458 g/mol. The second kappa shape index (κ2) is 7.56. The summed E-state index contributed by atoms with van der Waals surface area (Å²) in [5.74, 6) is 1.31. The zero-order valence-corrected chi connectivity index (χ0v) is 21.2. The zero-order valence-electron chi connectivity index (χ0n) is 20.4. The molecule has 4 nitrogen and oxygen atoms in total. The second-order valence-electron chi connectivity index (χ2n) is 10.7. The van der Waals surface area contributed by atoms with Gasteiger partial charge in [-0.25, -0.2) is 9.97 Å². The van der Waals surface area contributed by atoms with Crippen molar-refractivity contribution < 1.29 is 8.83 Å². The van der Waals surface area contributed by atoms with Gasteiger partial charge in [0.05, 0.1) is 9.75 Å². The average molecular weight is 459 g/mol. The summed E-state index contributed by atoms with van der Waals surface area (Å²) >= 11 is 1.63. The first kappa shape index (κ1) is 21.9. The first-order chi connectivity index (χ1) is 15.5. The Bertz CT molecular complexity index is 1470. The number of oxazole rings is 2. The van der Waals surface area contributed by atoms with E-state index in [1.165, 1.54) is 16.7 Å². The topological polar surface area (TPSA) is 52.1 Å². The summed E-state index contributed by atoms with van der Waals surface area (Å²) in [6, 6.07) is 14.7. The van der Waals surface area contributed by atoms with E-state index in [4.69, 9.17) is 18.8 Å². The number of aromatic nitrogens is 2. The molecule has 0 N–H and O–H groups in total. The van der Waals surface area contributed by atoms with Crippen molar-refractivity contribution in [2.24, 2.45) is 0 Å². The fourth-order valence-corrected chi connectivity index (χ4v) is 5.07. The van der Waals surface area contributed by atoms with Crippen LogP contribution in [0, 0.1) is 0 Å². The average Bonchev–Trinajstić information content (AvgIpc) is 3.45. The molecule has 5 rings (SSSR count). The fraction of sp³-hybridized carbons (Fsp3) is 0.357. The summed E-state index contributed by atoms with van der Waals surface area (Å²) in [5.41, 5.74) is 7.23. The lowest BCUT2D eigenvalue weighted by Gasteiger charge is -2.18. The van der Waals surface area contributed by atoms with E-state index in [0.29, 0.717) is 11.8 Å². The summed E-state index contributed by atoms with van der Waals surface area (Å²) < 4.78 is 12.3. The Balaban J connectivity index is 1.57. The fourth-order valence-electron chi connectivity index (χ4n) is 3.97. The highest BCUT2D eigenvalue weighted by Gasteiger charge is 2.22. The number of benzene rings is 2. The largest absolute Gasteiger partial charge is 0.435 e. The van der Waals surface area contributed by atoms with Crippen LogP contribution >= 0.6 is 11.3 Å². The van der Waals surface area contributed by atoms with Crippen LogP contribution < -0.4 is 0 Å². The van der Waals surface area contributed by atoms with E-state index >= 15 is 0 Å². The molecule has 0 fully saturated rings. The predicted octanol–water partition coefficient (Wildman–Crippen LogP) is 8.52. The maximum Gasteiger partial charge on any atom is 0.237 e. The molecule has 5 heteroatoms. The molecule has 170 valence electrons. The molecule has 0 spiro atoms. The van der Waals surface area contributed by atoms with Gasteiger partial charge in [0.2, 0.25) is 11.8 Å². The Hall–Kier alpha value is -2.92. The first-order valence-corrected chi connectivity index (χ1v) is 12.3. The van der Waals surface area contributed by atoms with Crippen LogP contribution in [0.1, 0.15) is 65.2 Å². The predicted molar refractivity (Wildman–Crippen MR) is 137 cm³/mol. The molecule has 3 heterocycles. The molecule has 2 aromatic carbocycles. The van der Waals surface area contributed by atoms with Crippen molar-refractivity contribution in [3.05, 3.63) is 59.2 Å². The third-order valence-electron chi connectivity index (χ3n) is 6.10. The van der Waals surface area contributed by atoms with E-state index in [1.54, 1.807) is 11.3 Å². The lowest BCUT2D eigenvalue weighted by molar-refractivity contribution is 0.589. The minimum Gasteiger partial charge on any atom is -0.435 e. The number of aryl methyl sites for hydroxylation is 1. The summed E-state index contributed by atoms with van der Waals surface area (Å²) in [5, 5.41) is 0. The maximum absolute atomic E-state index is 6.17. The Kier molecular flexibility index (Phi) is 5.02. The summed E-state index contributed by atoms with van der Waals surface area (Å²) in [6.07, 6.45) is 0.881. The van der Waals surface area contributed by atoms with Crippen LogP contribution in [-0.4, -0.2) is 9.97 Å². The van der Waals surface area contributed by atoms with Gasteiger partial charge in [-0.1, -0.05) is 60.6 Å². The van der Waals surface area contributed by atoms with Crippen molar-refractivity contribution in [2.45, 2.75) is 65.7 Å². The number of hydrogen-bond acceptors (Lipinski definition) is 5. The van der Waals surface area contributed by atoms with E-state index in [-0.39, 0.29) is 10.8 Å². The molecule has 0 bridgehead atoms. The number of nitrogens with zero attached hydrogens (tertiary/aromatic N) is 2. The maximum atomic E-state index is 6.17. The summed E-state index contributed by atoms with van der Waals surface area (Å²) in [6.45, 7) is 15.4. The van der Waals surface area contributed by atoms with E-state index in [0.717, 1.165) is 38.4 Å². The number of hydrogen-bond donors (Lipinski definition) is 0. The molecule has 0 amide bonds. The first-order valence-electron chi connectivity index (χ1n) is 11.5. The van der Waals surface area contributed by atoms with Crippen molar-refractivity contribution in [3.8, 4) is 21.5 Å². The Labute approximate surface area is 198 Å². The van der Waals surface area contributed by atoms with Gasteiger partial charge in [-0.3, -0.25) is 0 Å². The van der Waals surface area contributed by atoms with Crippen LogP contribution in [0.2, 0.25) is 0 Å². The summed E-state index contributed by atoms with van der Waals surface area (Å²) in [7, 11) is 0. The van der Waals surface area contributed by atoms with Crippen molar-refractivity contribution >= 4 is 33.5 Å². The van der Waals surface area contributed by atoms with Crippen LogP contribution in [-0.2, 0) is 17.3 Å². The molecule has 0 radical (unpaired) electrons. The molecular weight excluding hydrogens is 428 g/mol. The number of thiophene rings is 1. The van der Waals surface area contributed by atoms with Crippen LogP contribution in [0.5, 0.6) is 0 Å². The SMILES string of the molecule is CCc1cc(-c2nc3cc(C(C)(C)C)ccc3o2)sc1-c1nc2cc(C(C)(C)C)ccc2o1. The highest BCUT2D eigenvalue weighted by atomic mass is 32.1. The lowest BCUT2D eigenvalue weighted by Crippen LogP contribution is -2.10. The molecule has 0 unspecified atom stereocenters. The molecule has 0 aliphatic carbocycles. The van der Waals surface area contributed by atoms with E-state index in [2.05, 4.69) is 78.8 Å². The standard InChI is InChI=1S/C28H30N2O2S/c1-8-16-13-23(25-29-19-14-17(27(2,3)4)9-11-21(19)31-25)33-24(16)26-30-20-15-18(28(5,6)7)10-12-22(20)32-26/h9-15H,8H2,1-7H3. The Morgan fingerprint density at radius 3 is 1.76 bits per heavy atom. The molecule has 5 aromatic rings. The normalized spacial score (nSPS) is 12.8. The second-order valence-corrected chi connectivity index (χ2v) is 11.8. The highest BCUT2D eigenvalue weighted by Crippen LogP contribution is 2.40. The van der Waals surface area contributed by atoms with Gasteiger partial charge in [-0.05, 0) is 64.3 Å². The quantitative estimate of drug-likeness (QED) is 0.272. The smallest absolute Gasteiger partial charge is 0.237 e. The van der Waals surface area contributed by atoms with Crippen LogP contribution in [0.4, 0.5) is 0 Å². The van der Waals surface area contributed by atoms with Gasteiger partial charge < -0.3 is 8.83 Å². The van der Waals surface area contributed by atoms with E-state index in [1.807, 2.05) is 12.1 Å². The summed E-state index contributed by atoms with van der Waals surface area (Å²) in [4.78, 5) is 11.7. The lowest BCUT2D eigenvalue weighted by atomic mass is 9.87. The molecule has 0 aliphatic rings. The van der Waals surface area contributed by atoms with Gasteiger partial charge in [0.25, 0.3) is 0 Å². The third-order valence-corrected chi connectivity index (χ3v) is 7.26. The van der Waals surface area contributed by atoms with Gasteiger partial charge in [-0.2, -0.15) is 0 Å². The van der Waals surface area contributed by atoms with Crippen LogP contribution in [0.15, 0.2) is 51.3 Å². The van der Waals surface area contributed by atoms with Gasteiger partial charge in [0.15, 0.2) is 11.2 Å². The molecule has 0 saturated carbocycles. The van der Waals surface area contributed by atoms with Crippen molar-refractivity contribution in [1.29, 1.82) is 0 Å². The van der Waals surface area contributed by atoms with Gasteiger partial charge in [0.1, 0.15) is 11.0 Å². The van der Waals surface area contributed by atoms with Gasteiger partial charge in [-0.15, -0.1) is 11.3 Å². The third kappa shape index (κ3) is 3.99. The molecule has 0 saturated heterocycles. The van der Waals surface area contributed by atoms with Crippen LogP contribution in [0.3, 0.4) is 0 Å². The molecule has 0 aliphatic heterocycles. The minimum atomic E-state index is 0.0673. The highest BCUT2D eigenvalue weighted by molar-refractivity contribution is 7.18. The van der Waals surface area contributed by atoms with Gasteiger partial charge in [0, 0.05) is 0 Å². The molecule has 33 heavy (non-hydrogen) atoms. The van der Waals surface area contributed by atoms with Gasteiger partial charge >= 0.3 is 0 Å². The zero-order chi connectivity index (χ0) is 23.5. The van der Waals surface area contributed by atoms with E-state index in [9.17, 15) is 0 Å². The molecule has 3 aromatic heterocycles. The van der Waals surface area contributed by atoms with Crippen molar-refractivity contribution in [1.82, 2.24) is 9.97 Å². The van der Waals surface area contributed by atoms with E-state index < -0.39 is 0 Å². The number of rotatable bonds is 3. The molecule has 0 atom stereocenters. The van der Waals surface area contributed by atoms with Crippen molar-refractivity contribution in [2.75, 3.05) is 0 Å². The Morgan fingerprint density at radius 2 is 1.24 bits per heavy atom. The Morgan fingerprint density at radius 1 is 0.727 bits per heavy atom. The molecular formula is C28H30N2O2S. The number of fused-ring (bicyclic) bond motifs is 2. The van der Waals surface area contributed by atoms with Crippen molar-refractivity contribution in [3.63, 3.8) is 0 Å². The van der Waals surface area contributed by atoms with Crippen LogP contribution in [0.25, 0.3) is 43.7 Å². The minimum absolute atomic E-state index is 0.0673.